The Labute approximate surface area is 170 Å². The normalized spacial score (nSPS) is 17.9. The topological polar surface area (TPSA) is 72.3 Å². The number of carbonyl (C=O) groups excluding carboxylic acids is 1. The van der Waals surface area contributed by atoms with Crippen LogP contribution in [-0.4, -0.2) is 53.6 Å². The van der Waals surface area contributed by atoms with Crippen LogP contribution in [0.3, 0.4) is 0 Å². The Morgan fingerprint density at radius 3 is 2.41 bits per heavy atom. The summed E-state index contributed by atoms with van der Waals surface area (Å²) in [7, 11) is -1.40. The van der Waals surface area contributed by atoms with Crippen molar-refractivity contribution in [3.05, 3.63) is 71.9 Å². The Hall–Kier alpha value is -2.93. The number of hydrogen-bond acceptors (Lipinski definition) is 4. The third-order valence-corrected chi connectivity index (χ3v) is 7.12. The van der Waals surface area contributed by atoms with Crippen LogP contribution < -0.4 is 0 Å². The van der Waals surface area contributed by atoms with Crippen molar-refractivity contribution >= 4 is 15.7 Å². The minimum atomic E-state index is -3.08. The number of benzene rings is 2. The van der Waals surface area contributed by atoms with Crippen molar-refractivity contribution < 1.29 is 13.2 Å². The second kappa shape index (κ2) is 7.48. The molecule has 7 heteroatoms. The molecule has 2 aromatic carbocycles. The monoisotopic (exact) mass is 409 g/mol. The molecule has 150 valence electrons. The molecule has 1 atom stereocenters. The highest BCUT2D eigenvalue weighted by molar-refractivity contribution is 7.91. The summed E-state index contributed by atoms with van der Waals surface area (Å²) >= 11 is 0. The molecule has 1 aliphatic heterocycles. The highest BCUT2D eigenvalue weighted by Crippen LogP contribution is 2.26. The molecule has 4 rings (SSSR count). The number of aryl methyl sites for hydroxylation is 1. The summed E-state index contributed by atoms with van der Waals surface area (Å²) in [4.78, 5) is 14.9. The van der Waals surface area contributed by atoms with E-state index in [1.807, 2.05) is 61.5 Å². The van der Waals surface area contributed by atoms with E-state index in [4.69, 9.17) is 0 Å². The first-order valence-electron chi connectivity index (χ1n) is 9.54. The number of carbonyl (C=O) groups is 1. The average molecular weight is 410 g/mol. The summed E-state index contributed by atoms with van der Waals surface area (Å²) in [5.74, 6) is -0.0739. The Morgan fingerprint density at radius 2 is 1.79 bits per heavy atom. The summed E-state index contributed by atoms with van der Waals surface area (Å²) in [6, 6.07) is 17.2. The first kappa shape index (κ1) is 19.4. The van der Waals surface area contributed by atoms with Crippen LogP contribution >= 0.6 is 0 Å². The fourth-order valence-corrected chi connectivity index (χ4v) is 5.38. The van der Waals surface area contributed by atoms with Gasteiger partial charge in [0.05, 0.1) is 22.8 Å². The van der Waals surface area contributed by atoms with Gasteiger partial charge in [0.1, 0.15) is 5.69 Å². The van der Waals surface area contributed by atoms with Gasteiger partial charge in [0.2, 0.25) is 0 Å². The maximum absolute atomic E-state index is 13.3. The minimum absolute atomic E-state index is 0.0159. The van der Waals surface area contributed by atoms with Gasteiger partial charge in [-0.15, -0.1) is 0 Å². The van der Waals surface area contributed by atoms with Crippen LogP contribution in [0.5, 0.6) is 0 Å². The van der Waals surface area contributed by atoms with E-state index in [-0.39, 0.29) is 23.5 Å². The molecule has 0 saturated carbocycles. The van der Waals surface area contributed by atoms with Gasteiger partial charge in [-0.05, 0) is 25.5 Å². The molecule has 1 fully saturated rings. The maximum atomic E-state index is 13.3. The average Bonchev–Trinajstić information content (AvgIpc) is 3.32. The van der Waals surface area contributed by atoms with Crippen molar-refractivity contribution in [1.82, 2.24) is 14.7 Å². The van der Waals surface area contributed by atoms with Crippen LogP contribution in [0.1, 0.15) is 22.3 Å². The number of sulfone groups is 1. The molecule has 0 radical (unpaired) electrons. The van der Waals surface area contributed by atoms with Crippen molar-refractivity contribution in [1.29, 1.82) is 0 Å². The highest BCUT2D eigenvalue weighted by atomic mass is 32.2. The molecule has 1 amide bonds. The van der Waals surface area contributed by atoms with Gasteiger partial charge in [-0.2, -0.15) is 5.10 Å². The minimum Gasteiger partial charge on any atom is -0.338 e. The Balaban J connectivity index is 1.74. The maximum Gasteiger partial charge on any atom is 0.257 e. The van der Waals surface area contributed by atoms with Crippen LogP contribution in [-0.2, 0) is 9.84 Å². The lowest BCUT2D eigenvalue weighted by Gasteiger charge is -2.23. The van der Waals surface area contributed by atoms with Gasteiger partial charge >= 0.3 is 0 Å². The van der Waals surface area contributed by atoms with Gasteiger partial charge < -0.3 is 4.90 Å². The zero-order chi connectivity index (χ0) is 20.6. The zero-order valence-corrected chi connectivity index (χ0v) is 17.3. The lowest BCUT2D eigenvalue weighted by atomic mass is 10.1. The molecule has 0 aliphatic carbocycles. The van der Waals surface area contributed by atoms with E-state index in [0.717, 1.165) is 16.8 Å². The number of aromatic nitrogens is 2. The molecule has 29 heavy (non-hydrogen) atoms. The predicted molar refractivity (Wildman–Crippen MR) is 113 cm³/mol. The fraction of sp³-hybridized carbons (Fsp3) is 0.273. The van der Waals surface area contributed by atoms with Crippen LogP contribution in [0.4, 0.5) is 0 Å². The lowest BCUT2D eigenvalue weighted by molar-refractivity contribution is 0.0748. The molecule has 3 aromatic rings. The van der Waals surface area contributed by atoms with Crippen LogP contribution in [0.15, 0.2) is 60.8 Å². The SMILES string of the molecule is Cc1ccc(-n2cc(C(=O)N(C)C3CCS(=O)(=O)C3)c(-c3ccccc3)n2)cc1. The summed E-state index contributed by atoms with van der Waals surface area (Å²) in [5.41, 5.74) is 3.89. The van der Waals surface area contributed by atoms with Crippen LogP contribution in [0.25, 0.3) is 16.9 Å². The van der Waals surface area contributed by atoms with E-state index in [1.165, 1.54) is 0 Å². The number of hydrogen-bond donors (Lipinski definition) is 0. The molecular formula is C22H23N3O3S. The Bertz CT molecular complexity index is 1140. The second-order valence-electron chi connectivity index (χ2n) is 7.51. The summed E-state index contributed by atoms with van der Waals surface area (Å²) in [5, 5.41) is 4.69. The Kier molecular flexibility index (Phi) is 5.00. The quantitative estimate of drug-likeness (QED) is 0.664. The second-order valence-corrected chi connectivity index (χ2v) is 9.74. The van der Waals surface area contributed by atoms with E-state index < -0.39 is 9.84 Å². The molecule has 0 bridgehead atoms. The van der Waals surface area contributed by atoms with E-state index >= 15 is 0 Å². The van der Waals surface area contributed by atoms with Gasteiger partial charge in [-0.3, -0.25) is 4.79 Å². The van der Waals surface area contributed by atoms with Gasteiger partial charge in [0.15, 0.2) is 9.84 Å². The number of amides is 1. The smallest absolute Gasteiger partial charge is 0.257 e. The molecule has 1 aliphatic rings. The molecule has 0 N–H and O–H groups in total. The standard InChI is InChI=1S/C22H23N3O3S/c1-16-8-10-18(11-9-16)25-14-20(21(23-25)17-6-4-3-5-7-17)22(26)24(2)19-12-13-29(27,28)15-19/h3-11,14,19H,12-13,15H2,1-2H3. The number of nitrogens with zero attached hydrogens (tertiary/aromatic N) is 3. The molecule has 6 nitrogen and oxygen atoms in total. The third kappa shape index (κ3) is 3.96. The van der Waals surface area contributed by atoms with Crippen LogP contribution in [0.2, 0.25) is 0 Å². The summed E-state index contributed by atoms with van der Waals surface area (Å²) in [6.07, 6.45) is 2.20. The first-order valence-corrected chi connectivity index (χ1v) is 11.4. The summed E-state index contributed by atoms with van der Waals surface area (Å²) in [6.45, 7) is 2.02. The van der Waals surface area contributed by atoms with Crippen molar-refractivity contribution in [2.24, 2.45) is 0 Å². The van der Waals surface area contributed by atoms with E-state index in [1.54, 1.807) is 22.8 Å². The summed E-state index contributed by atoms with van der Waals surface area (Å²) < 4.78 is 25.4. The lowest BCUT2D eigenvalue weighted by Crippen LogP contribution is -2.37. The molecule has 1 aromatic heterocycles. The van der Waals surface area contributed by atoms with E-state index in [2.05, 4.69) is 5.10 Å². The van der Waals surface area contributed by atoms with Gasteiger partial charge in [-0.25, -0.2) is 13.1 Å². The van der Waals surface area contributed by atoms with Gasteiger partial charge in [0, 0.05) is 24.8 Å². The largest absolute Gasteiger partial charge is 0.338 e. The van der Waals surface area contributed by atoms with Crippen molar-refractivity contribution in [3.8, 4) is 16.9 Å². The molecule has 1 unspecified atom stereocenters. The van der Waals surface area contributed by atoms with E-state index in [9.17, 15) is 13.2 Å². The van der Waals surface area contributed by atoms with Crippen LogP contribution in [0, 0.1) is 6.92 Å². The first-order chi connectivity index (χ1) is 13.8. The highest BCUT2D eigenvalue weighted by Gasteiger charge is 2.34. The molecule has 1 saturated heterocycles. The molecule has 2 heterocycles. The van der Waals surface area contributed by atoms with E-state index in [0.29, 0.717) is 17.7 Å². The Morgan fingerprint density at radius 1 is 1.10 bits per heavy atom. The fourth-order valence-electron chi connectivity index (χ4n) is 3.61. The molecular weight excluding hydrogens is 386 g/mol. The number of rotatable bonds is 4. The molecule has 0 spiro atoms. The van der Waals surface area contributed by atoms with Crippen molar-refractivity contribution in [2.45, 2.75) is 19.4 Å². The van der Waals surface area contributed by atoms with Crippen molar-refractivity contribution in [3.63, 3.8) is 0 Å². The van der Waals surface area contributed by atoms with Gasteiger partial charge in [-0.1, -0.05) is 48.0 Å². The zero-order valence-electron chi connectivity index (χ0n) is 16.4. The van der Waals surface area contributed by atoms with Crippen molar-refractivity contribution in [2.75, 3.05) is 18.6 Å². The predicted octanol–water partition coefficient (Wildman–Crippen LogP) is 3.11. The third-order valence-electron chi connectivity index (χ3n) is 5.37. The van der Waals surface area contributed by atoms with Gasteiger partial charge in [0.25, 0.3) is 5.91 Å².